The van der Waals surface area contributed by atoms with E-state index in [4.69, 9.17) is 4.74 Å². The molecule has 2 atom stereocenters. The number of hydrogen-bond donors (Lipinski definition) is 1. The number of aliphatic hydroxyl groups excluding tert-OH is 1. The number of para-hydroxylation sites is 1. The number of nitrogens with zero attached hydrogens (tertiary/aromatic N) is 1. The van der Waals surface area contributed by atoms with E-state index in [9.17, 15) is 13.9 Å². The predicted octanol–water partition coefficient (Wildman–Crippen LogP) is 4.43. The summed E-state index contributed by atoms with van der Waals surface area (Å²) in [6, 6.07) is 22.1. The van der Waals surface area contributed by atoms with Crippen molar-refractivity contribution in [2.45, 2.75) is 12.1 Å². The summed E-state index contributed by atoms with van der Waals surface area (Å²) >= 11 is 0. The second-order valence-electron chi connectivity index (χ2n) is 6.70. The largest absolute Gasteiger partial charge is 0.488 e. The van der Waals surface area contributed by atoms with Gasteiger partial charge >= 0.3 is 0 Å². The third kappa shape index (κ3) is 5.15. The van der Waals surface area contributed by atoms with Crippen LogP contribution in [0.15, 0.2) is 78.9 Å². The Bertz CT molecular complexity index is 871. The zero-order valence-corrected chi connectivity index (χ0v) is 15.6. The molecule has 0 fully saturated rings. The second kappa shape index (κ2) is 9.44. The molecular weight excluding hydrogens is 360 g/mol. The average Bonchev–Trinajstić information content (AvgIpc) is 2.70. The monoisotopic (exact) mass is 383 g/mol. The molecule has 0 saturated carbocycles. The fourth-order valence-corrected chi connectivity index (χ4v) is 3.22. The molecule has 0 heterocycles. The van der Waals surface area contributed by atoms with E-state index >= 15 is 0 Å². The van der Waals surface area contributed by atoms with Gasteiger partial charge in [0.15, 0.2) is 11.6 Å². The van der Waals surface area contributed by atoms with E-state index in [2.05, 4.69) is 0 Å². The predicted molar refractivity (Wildman–Crippen MR) is 105 cm³/mol. The molecule has 0 amide bonds. The summed E-state index contributed by atoms with van der Waals surface area (Å²) in [6.07, 6.45) is -0.823. The molecule has 3 rings (SSSR count). The fraction of sp³-hybridized carbons (Fsp3) is 0.217. The van der Waals surface area contributed by atoms with Crippen LogP contribution in [0.5, 0.6) is 5.75 Å². The number of hydrogen-bond acceptors (Lipinski definition) is 3. The Morgan fingerprint density at radius 3 is 2.14 bits per heavy atom. The molecule has 0 bridgehead atoms. The van der Waals surface area contributed by atoms with Crippen molar-refractivity contribution in [1.82, 2.24) is 4.90 Å². The van der Waals surface area contributed by atoms with Crippen molar-refractivity contribution in [3.05, 3.63) is 102 Å². The highest BCUT2D eigenvalue weighted by molar-refractivity contribution is 5.32. The molecule has 2 unspecified atom stereocenters. The smallest absolute Gasteiger partial charge is 0.165 e. The van der Waals surface area contributed by atoms with Crippen molar-refractivity contribution in [3.63, 3.8) is 0 Å². The van der Waals surface area contributed by atoms with Crippen molar-refractivity contribution in [2.75, 3.05) is 20.2 Å². The first kappa shape index (κ1) is 20.0. The molecule has 28 heavy (non-hydrogen) atoms. The second-order valence-corrected chi connectivity index (χ2v) is 6.70. The Hall–Kier alpha value is -2.76. The fourth-order valence-electron chi connectivity index (χ4n) is 3.22. The van der Waals surface area contributed by atoms with Crippen LogP contribution in [0.4, 0.5) is 8.78 Å². The van der Waals surface area contributed by atoms with Crippen LogP contribution < -0.4 is 4.74 Å². The Morgan fingerprint density at radius 2 is 1.46 bits per heavy atom. The van der Waals surface area contributed by atoms with Crippen molar-refractivity contribution < 1.29 is 18.6 Å². The first-order chi connectivity index (χ1) is 13.5. The highest BCUT2D eigenvalue weighted by Gasteiger charge is 2.22. The van der Waals surface area contributed by atoms with E-state index in [-0.39, 0.29) is 24.2 Å². The summed E-state index contributed by atoms with van der Waals surface area (Å²) in [4.78, 5) is 1.97. The van der Waals surface area contributed by atoms with Crippen LogP contribution in [0.1, 0.15) is 17.2 Å². The van der Waals surface area contributed by atoms with Gasteiger partial charge in [-0.1, -0.05) is 54.6 Å². The number of benzene rings is 3. The van der Waals surface area contributed by atoms with Gasteiger partial charge in [-0.05, 0) is 42.4 Å². The van der Waals surface area contributed by atoms with Gasteiger partial charge in [0.25, 0.3) is 0 Å². The maximum atomic E-state index is 13.7. The molecule has 1 N–H and O–H groups in total. The standard InChI is InChI=1S/C23H23F2NO2/c1-26(15-20(27)16-28-22-10-6-5-9-21(22)25)23(17-7-3-2-4-8-17)18-11-13-19(24)14-12-18/h2-14,20,23,27H,15-16H2,1H3. The Morgan fingerprint density at radius 1 is 0.857 bits per heavy atom. The highest BCUT2D eigenvalue weighted by atomic mass is 19.1. The van der Waals surface area contributed by atoms with E-state index in [0.717, 1.165) is 11.1 Å². The van der Waals surface area contributed by atoms with Gasteiger partial charge in [-0.3, -0.25) is 4.90 Å². The zero-order chi connectivity index (χ0) is 19.9. The zero-order valence-electron chi connectivity index (χ0n) is 15.6. The lowest BCUT2D eigenvalue weighted by Crippen LogP contribution is -2.36. The van der Waals surface area contributed by atoms with E-state index in [1.807, 2.05) is 42.3 Å². The van der Waals surface area contributed by atoms with Gasteiger partial charge in [0, 0.05) is 6.54 Å². The molecular formula is C23H23F2NO2. The van der Waals surface area contributed by atoms with E-state index in [1.54, 1.807) is 24.3 Å². The summed E-state index contributed by atoms with van der Waals surface area (Å²) < 4.78 is 32.4. The topological polar surface area (TPSA) is 32.7 Å². The third-order valence-corrected chi connectivity index (χ3v) is 4.51. The van der Waals surface area contributed by atoms with E-state index in [1.165, 1.54) is 24.3 Å². The summed E-state index contributed by atoms with van der Waals surface area (Å²) in [7, 11) is 1.88. The molecule has 0 aliphatic heterocycles. The minimum absolute atomic E-state index is 0.0315. The molecule has 146 valence electrons. The van der Waals surface area contributed by atoms with Crippen LogP contribution >= 0.6 is 0 Å². The lowest BCUT2D eigenvalue weighted by Gasteiger charge is -2.30. The number of ether oxygens (including phenoxy) is 1. The quantitative estimate of drug-likeness (QED) is 0.625. The van der Waals surface area contributed by atoms with Crippen LogP contribution in [0, 0.1) is 11.6 Å². The van der Waals surface area contributed by atoms with Gasteiger partial charge < -0.3 is 9.84 Å². The molecule has 0 spiro atoms. The molecule has 0 aromatic heterocycles. The lowest BCUT2D eigenvalue weighted by atomic mass is 9.97. The van der Waals surface area contributed by atoms with Crippen molar-refractivity contribution in [1.29, 1.82) is 0 Å². The van der Waals surface area contributed by atoms with Gasteiger partial charge in [-0.25, -0.2) is 8.78 Å². The van der Waals surface area contributed by atoms with Crippen molar-refractivity contribution >= 4 is 0 Å². The SMILES string of the molecule is CN(CC(O)COc1ccccc1F)C(c1ccccc1)c1ccc(F)cc1. The Balaban J connectivity index is 1.71. The third-order valence-electron chi connectivity index (χ3n) is 4.51. The molecule has 3 aromatic rings. The molecule has 0 saturated heterocycles. The van der Waals surface area contributed by atoms with Gasteiger partial charge in [0.2, 0.25) is 0 Å². The Kier molecular flexibility index (Phi) is 6.74. The van der Waals surface area contributed by atoms with Gasteiger partial charge in [0.05, 0.1) is 6.04 Å². The van der Waals surface area contributed by atoms with E-state index in [0.29, 0.717) is 6.54 Å². The van der Waals surface area contributed by atoms with Crippen LogP contribution in [0.3, 0.4) is 0 Å². The van der Waals surface area contributed by atoms with Crippen LogP contribution in [-0.4, -0.2) is 36.3 Å². The van der Waals surface area contributed by atoms with Gasteiger partial charge in [-0.2, -0.15) is 0 Å². The normalized spacial score (nSPS) is 13.3. The van der Waals surface area contributed by atoms with Crippen LogP contribution in [0.2, 0.25) is 0 Å². The number of likely N-dealkylation sites (N-methyl/N-ethyl adjacent to an activating group) is 1. The molecule has 0 aliphatic carbocycles. The number of halogens is 2. The average molecular weight is 383 g/mol. The number of rotatable bonds is 8. The lowest BCUT2D eigenvalue weighted by molar-refractivity contribution is 0.0667. The van der Waals surface area contributed by atoms with Gasteiger partial charge in [-0.15, -0.1) is 0 Å². The summed E-state index contributed by atoms with van der Waals surface area (Å²) in [5, 5.41) is 10.4. The maximum Gasteiger partial charge on any atom is 0.165 e. The molecule has 3 aromatic carbocycles. The molecule has 5 heteroatoms. The van der Waals surface area contributed by atoms with Crippen molar-refractivity contribution in [3.8, 4) is 5.75 Å². The summed E-state index contributed by atoms with van der Waals surface area (Å²) in [5.74, 6) is -0.643. The van der Waals surface area contributed by atoms with E-state index < -0.39 is 11.9 Å². The van der Waals surface area contributed by atoms with Gasteiger partial charge in [0.1, 0.15) is 18.5 Å². The summed E-state index contributed by atoms with van der Waals surface area (Å²) in [5.41, 5.74) is 1.94. The Labute approximate surface area is 163 Å². The minimum atomic E-state index is -0.823. The minimum Gasteiger partial charge on any atom is -0.488 e. The van der Waals surface area contributed by atoms with Crippen molar-refractivity contribution in [2.24, 2.45) is 0 Å². The number of aliphatic hydroxyl groups is 1. The van der Waals surface area contributed by atoms with Crippen LogP contribution in [-0.2, 0) is 0 Å². The first-order valence-electron chi connectivity index (χ1n) is 9.10. The first-order valence-corrected chi connectivity index (χ1v) is 9.10. The highest BCUT2D eigenvalue weighted by Crippen LogP contribution is 2.28. The molecule has 0 aliphatic rings. The maximum absolute atomic E-state index is 13.7. The molecule has 0 radical (unpaired) electrons. The summed E-state index contributed by atoms with van der Waals surface area (Å²) in [6.45, 7) is 0.265. The molecule has 3 nitrogen and oxygen atoms in total. The van der Waals surface area contributed by atoms with Crippen LogP contribution in [0.25, 0.3) is 0 Å².